The van der Waals surface area contributed by atoms with Crippen molar-refractivity contribution in [2.24, 2.45) is 0 Å². The number of benzene rings is 1. The molecular weight excluding hydrogens is 186 g/mol. The lowest BCUT2D eigenvalue weighted by Crippen LogP contribution is -2.07. The van der Waals surface area contributed by atoms with Gasteiger partial charge in [-0.1, -0.05) is 31.2 Å². The minimum absolute atomic E-state index is 0.0293. The van der Waals surface area contributed by atoms with E-state index in [1.54, 1.807) is 6.20 Å². The number of rotatable bonds is 2. The van der Waals surface area contributed by atoms with Crippen LogP contribution in [0.1, 0.15) is 12.5 Å². The van der Waals surface area contributed by atoms with Gasteiger partial charge in [-0.25, -0.2) is 0 Å². The summed E-state index contributed by atoms with van der Waals surface area (Å²) in [6, 6.07) is 11.7. The van der Waals surface area contributed by atoms with Crippen LogP contribution in [0.5, 0.6) is 0 Å². The van der Waals surface area contributed by atoms with Crippen molar-refractivity contribution in [2.45, 2.75) is 13.3 Å². The van der Waals surface area contributed by atoms with Crippen molar-refractivity contribution in [1.29, 1.82) is 0 Å². The van der Waals surface area contributed by atoms with Crippen molar-refractivity contribution in [3.8, 4) is 11.1 Å². The lowest BCUT2D eigenvalue weighted by Gasteiger charge is -2.05. The minimum atomic E-state index is -0.0293. The second-order valence-corrected chi connectivity index (χ2v) is 3.42. The van der Waals surface area contributed by atoms with Crippen molar-refractivity contribution >= 4 is 0 Å². The quantitative estimate of drug-likeness (QED) is 0.792. The summed E-state index contributed by atoms with van der Waals surface area (Å²) in [7, 11) is 0. The van der Waals surface area contributed by atoms with Gasteiger partial charge in [0.15, 0.2) is 0 Å². The summed E-state index contributed by atoms with van der Waals surface area (Å²) in [6.07, 6.45) is 2.59. The zero-order valence-corrected chi connectivity index (χ0v) is 8.66. The first-order valence-electron chi connectivity index (χ1n) is 5.09. The number of nitrogens with one attached hydrogen (secondary N) is 1. The molecule has 0 bridgehead atoms. The maximum absolute atomic E-state index is 11.6. The van der Waals surface area contributed by atoms with Gasteiger partial charge >= 0.3 is 0 Å². The molecule has 0 amide bonds. The fourth-order valence-corrected chi connectivity index (χ4v) is 1.73. The fraction of sp³-hybridized carbons (Fsp3) is 0.154. The molecule has 0 unspecified atom stereocenters. The smallest absolute Gasteiger partial charge is 0.255 e. The predicted octanol–water partition coefficient (Wildman–Crippen LogP) is 2.60. The topological polar surface area (TPSA) is 32.9 Å². The standard InChI is InChI=1S/C13H13NO/c1-2-10-6-3-4-7-11(10)12-8-5-9-14-13(12)15/h3-9H,2H2,1H3,(H,14,15). The maximum Gasteiger partial charge on any atom is 0.255 e. The number of pyridine rings is 1. The number of hydrogen-bond donors (Lipinski definition) is 1. The van der Waals surface area contributed by atoms with Crippen LogP contribution in [0.2, 0.25) is 0 Å². The molecule has 15 heavy (non-hydrogen) atoms. The van der Waals surface area contributed by atoms with Crippen LogP contribution < -0.4 is 5.56 Å². The second kappa shape index (κ2) is 4.13. The van der Waals surface area contributed by atoms with E-state index in [9.17, 15) is 4.79 Å². The number of H-pyrrole nitrogens is 1. The molecule has 0 aliphatic heterocycles. The van der Waals surface area contributed by atoms with E-state index in [2.05, 4.69) is 18.0 Å². The van der Waals surface area contributed by atoms with Crippen molar-refractivity contribution in [2.75, 3.05) is 0 Å². The Bertz CT molecular complexity index is 514. The molecule has 76 valence electrons. The lowest BCUT2D eigenvalue weighted by molar-refractivity contribution is 1.14. The van der Waals surface area contributed by atoms with Gasteiger partial charge < -0.3 is 4.98 Å². The van der Waals surface area contributed by atoms with Crippen LogP contribution in [-0.2, 0) is 6.42 Å². The molecule has 0 spiro atoms. The molecule has 2 aromatic rings. The van der Waals surface area contributed by atoms with E-state index in [0.717, 1.165) is 17.5 Å². The summed E-state index contributed by atoms with van der Waals surface area (Å²) < 4.78 is 0. The van der Waals surface area contributed by atoms with Crippen LogP contribution in [0, 0.1) is 0 Å². The molecule has 0 aliphatic rings. The SMILES string of the molecule is CCc1ccccc1-c1ccc[nH]c1=O. The Morgan fingerprint density at radius 2 is 1.80 bits per heavy atom. The van der Waals surface area contributed by atoms with Gasteiger partial charge in [0.25, 0.3) is 5.56 Å². The van der Waals surface area contributed by atoms with Gasteiger partial charge in [-0.3, -0.25) is 4.79 Å². The second-order valence-electron chi connectivity index (χ2n) is 3.42. The van der Waals surface area contributed by atoms with E-state index in [0.29, 0.717) is 0 Å². The van der Waals surface area contributed by atoms with E-state index >= 15 is 0 Å². The molecule has 1 aromatic carbocycles. The van der Waals surface area contributed by atoms with Gasteiger partial charge in [0.2, 0.25) is 0 Å². The monoisotopic (exact) mass is 199 g/mol. The number of aryl methyl sites for hydroxylation is 1. The highest BCUT2D eigenvalue weighted by Gasteiger charge is 2.05. The normalized spacial score (nSPS) is 10.2. The van der Waals surface area contributed by atoms with Crippen LogP contribution in [-0.4, -0.2) is 4.98 Å². The highest BCUT2D eigenvalue weighted by Crippen LogP contribution is 2.20. The highest BCUT2D eigenvalue weighted by molar-refractivity contribution is 5.66. The van der Waals surface area contributed by atoms with Crippen LogP contribution in [0.15, 0.2) is 47.4 Å². The number of hydrogen-bond acceptors (Lipinski definition) is 1. The maximum atomic E-state index is 11.6. The Hall–Kier alpha value is -1.83. The molecule has 1 heterocycles. The van der Waals surface area contributed by atoms with Crippen LogP contribution in [0.3, 0.4) is 0 Å². The van der Waals surface area contributed by atoms with E-state index in [1.165, 1.54) is 5.56 Å². The molecule has 1 aromatic heterocycles. The van der Waals surface area contributed by atoms with Gasteiger partial charge in [-0.15, -0.1) is 0 Å². The van der Waals surface area contributed by atoms with Crippen molar-refractivity contribution in [1.82, 2.24) is 4.98 Å². The first-order chi connectivity index (χ1) is 7.33. The molecule has 0 atom stereocenters. The summed E-state index contributed by atoms with van der Waals surface area (Å²) in [5.41, 5.74) is 2.95. The van der Waals surface area contributed by atoms with E-state index in [4.69, 9.17) is 0 Å². The number of aromatic amines is 1. The van der Waals surface area contributed by atoms with Crippen LogP contribution in [0.25, 0.3) is 11.1 Å². The number of aromatic nitrogens is 1. The Labute approximate surface area is 88.6 Å². The van der Waals surface area contributed by atoms with Gasteiger partial charge in [-0.05, 0) is 29.7 Å². The Morgan fingerprint density at radius 3 is 2.53 bits per heavy atom. The minimum Gasteiger partial charge on any atom is -0.329 e. The molecule has 0 saturated carbocycles. The molecule has 2 heteroatoms. The van der Waals surface area contributed by atoms with Crippen LogP contribution in [0.4, 0.5) is 0 Å². The van der Waals surface area contributed by atoms with Gasteiger partial charge in [0.1, 0.15) is 0 Å². The molecule has 0 aliphatic carbocycles. The first-order valence-corrected chi connectivity index (χ1v) is 5.09. The summed E-state index contributed by atoms with van der Waals surface area (Å²) in [4.78, 5) is 14.3. The summed E-state index contributed by atoms with van der Waals surface area (Å²) >= 11 is 0. The average molecular weight is 199 g/mol. The highest BCUT2D eigenvalue weighted by atomic mass is 16.1. The van der Waals surface area contributed by atoms with Gasteiger partial charge in [-0.2, -0.15) is 0 Å². The molecule has 1 N–H and O–H groups in total. The zero-order valence-electron chi connectivity index (χ0n) is 8.66. The van der Waals surface area contributed by atoms with Gasteiger partial charge in [0.05, 0.1) is 0 Å². The van der Waals surface area contributed by atoms with Crippen molar-refractivity contribution < 1.29 is 0 Å². The Balaban J connectivity index is 2.64. The van der Waals surface area contributed by atoms with E-state index in [1.807, 2.05) is 30.3 Å². The zero-order chi connectivity index (χ0) is 10.7. The largest absolute Gasteiger partial charge is 0.329 e. The Morgan fingerprint density at radius 1 is 1.07 bits per heavy atom. The van der Waals surface area contributed by atoms with Crippen molar-refractivity contribution in [3.05, 3.63) is 58.5 Å². The summed E-state index contributed by atoms with van der Waals surface area (Å²) in [5.74, 6) is 0. The average Bonchev–Trinajstić information content (AvgIpc) is 2.30. The van der Waals surface area contributed by atoms with Gasteiger partial charge in [0, 0.05) is 11.8 Å². The third-order valence-electron chi connectivity index (χ3n) is 2.51. The summed E-state index contributed by atoms with van der Waals surface area (Å²) in [6.45, 7) is 2.09. The van der Waals surface area contributed by atoms with Crippen molar-refractivity contribution in [3.63, 3.8) is 0 Å². The van der Waals surface area contributed by atoms with E-state index in [-0.39, 0.29) is 5.56 Å². The Kier molecular flexibility index (Phi) is 2.68. The molecular formula is C13H13NO. The molecule has 0 radical (unpaired) electrons. The molecule has 2 rings (SSSR count). The molecule has 2 nitrogen and oxygen atoms in total. The molecule has 0 saturated heterocycles. The first kappa shape index (κ1) is 9.71. The van der Waals surface area contributed by atoms with Crippen LogP contribution >= 0.6 is 0 Å². The fourth-order valence-electron chi connectivity index (χ4n) is 1.73. The third kappa shape index (κ3) is 1.84. The lowest BCUT2D eigenvalue weighted by atomic mass is 9.99. The molecule has 0 fully saturated rings. The predicted molar refractivity (Wildman–Crippen MR) is 61.9 cm³/mol. The summed E-state index contributed by atoms with van der Waals surface area (Å²) in [5, 5.41) is 0. The van der Waals surface area contributed by atoms with E-state index < -0.39 is 0 Å². The third-order valence-corrected chi connectivity index (χ3v) is 2.51.